The molecule has 2 bridgehead atoms. The predicted octanol–water partition coefficient (Wildman–Crippen LogP) is 1.01. The molecule has 17 heavy (non-hydrogen) atoms. The highest BCUT2D eigenvalue weighted by molar-refractivity contribution is 5.76. The number of methoxy groups -OCH3 is 1. The summed E-state index contributed by atoms with van der Waals surface area (Å²) in [5, 5.41) is 3.65. The summed E-state index contributed by atoms with van der Waals surface area (Å²) in [5.41, 5.74) is -0.404. The first-order valence-electron chi connectivity index (χ1n) is 6.58. The van der Waals surface area contributed by atoms with Gasteiger partial charge in [-0.25, -0.2) is 0 Å². The van der Waals surface area contributed by atoms with Gasteiger partial charge in [-0.05, 0) is 39.7 Å². The number of likely N-dealkylation sites (tertiary alicyclic amines) is 1. The van der Waals surface area contributed by atoms with E-state index in [0.717, 1.165) is 19.6 Å². The highest BCUT2D eigenvalue weighted by Gasteiger charge is 2.35. The summed E-state index contributed by atoms with van der Waals surface area (Å²) in [6.07, 6.45) is 3.80. The summed E-state index contributed by atoms with van der Waals surface area (Å²) in [5.74, 6) is -0.111. The van der Waals surface area contributed by atoms with Gasteiger partial charge in [0.15, 0.2) is 0 Å². The van der Waals surface area contributed by atoms with Crippen LogP contribution in [-0.2, 0) is 9.53 Å². The Balaban J connectivity index is 1.92. The lowest BCUT2D eigenvalue weighted by atomic mass is 9.92. The van der Waals surface area contributed by atoms with Crippen molar-refractivity contribution >= 4 is 5.97 Å². The Morgan fingerprint density at radius 2 is 2.06 bits per heavy atom. The van der Waals surface area contributed by atoms with Crippen LogP contribution in [0.4, 0.5) is 0 Å². The van der Waals surface area contributed by atoms with Crippen LogP contribution in [0.3, 0.4) is 0 Å². The molecule has 0 amide bonds. The van der Waals surface area contributed by atoms with Crippen molar-refractivity contribution in [3.05, 3.63) is 0 Å². The van der Waals surface area contributed by atoms with Gasteiger partial charge in [-0.2, -0.15) is 0 Å². The van der Waals surface area contributed by atoms with E-state index < -0.39 is 5.41 Å². The van der Waals surface area contributed by atoms with Crippen LogP contribution in [0.2, 0.25) is 0 Å². The zero-order valence-electron chi connectivity index (χ0n) is 11.2. The number of nitrogens with zero attached hydrogens (tertiary/aromatic N) is 1. The van der Waals surface area contributed by atoms with Crippen molar-refractivity contribution in [1.29, 1.82) is 0 Å². The molecule has 2 aliphatic heterocycles. The second-order valence-corrected chi connectivity index (χ2v) is 6.04. The fraction of sp³-hybridized carbons (Fsp3) is 0.923. The lowest BCUT2D eigenvalue weighted by molar-refractivity contribution is -0.151. The summed E-state index contributed by atoms with van der Waals surface area (Å²) in [6, 6.07) is 1.32. The molecule has 4 heteroatoms. The molecule has 0 radical (unpaired) electrons. The van der Waals surface area contributed by atoms with Gasteiger partial charge >= 0.3 is 5.97 Å². The SMILES string of the molecule is COC(=O)C(C)(C)CN1CCC2CCC(C1)N2. The van der Waals surface area contributed by atoms with Crippen LogP contribution in [0.25, 0.3) is 0 Å². The number of esters is 1. The molecule has 2 atom stereocenters. The maximum atomic E-state index is 11.7. The van der Waals surface area contributed by atoms with E-state index in [1.807, 2.05) is 13.8 Å². The van der Waals surface area contributed by atoms with Crippen molar-refractivity contribution in [2.45, 2.75) is 45.2 Å². The van der Waals surface area contributed by atoms with Gasteiger partial charge < -0.3 is 15.0 Å². The monoisotopic (exact) mass is 240 g/mol. The topological polar surface area (TPSA) is 41.6 Å². The van der Waals surface area contributed by atoms with Gasteiger partial charge in [-0.1, -0.05) is 0 Å². The molecular formula is C13H24N2O2. The molecule has 2 aliphatic rings. The van der Waals surface area contributed by atoms with Crippen LogP contribution in [-0.4, -0.2) is 49.7 Å². The fourth-order valence-corrected chi connectivity index (χ4v) is 3.06. The van der Waals surface area contributed by atoms with E-state index in [-0.39, 0.29) is 5.97 Å². The summed E-state index contributed by atoms with van der Waals surface area (Å²) >= 11 is 0. The number of hydrogen-bond donors (Lipinski definition) is 1. The third-order valence-corrected chi connectivity index (χ3v) is 3.96. The number of hydrogen-bond acceptors (Lipinski definition) is 4. The average Bonchev–Trinajstić information content (AvgIpc) is 2.61. The third kappa shape index (κ3) is 2.99. The molecule has 0 spiro atoms. The van der Waals surface area contributed by atoms with Crippen molar-refractivity contribution < 1.29 is 9.53 Å². The van der Waals surface area contributed by atoms with Crippen molar-refractivity contribution in [1.82, 2.24) is 10.2 Å². The van der Waals surface area contributed by atoms with Crippen molar-refractivity contribution in [3.63, 3.8) is 0 Å². The molecule has 1 N–H and O–H groups in total. The van der Waals surface area contributed by atoms with Gasteiger partial charge in [0.05, 0.1) is 12.5 Å². The van der Waals surface area contributed by atoms with E-state index in [2.05, 4.69) is 10.2 Å². The van der Waals surface area contributed by atoms with Gasteiger partial charge in [0.25, 0.3) is 0 Å². The summed E-state index contributed by atoms with van der Waals surface area (Å²) in [7, 11) is 1.47. The molecule has 2 heterocycles. The molecule has 2 fully saturated rings. The number of ether oxygens (including phenoxy) is 1. The normalized spacial score (nSPS) is 30.1. The molecule has 0 aromatic carbocycles. The second kappa shape index (κ2) is 4.94. The van der Waals surface area contributed by atoms with Crippen LogP contribution in [0, 0.1) is 5.41 Å². The van der Waals surface area contributed by atoms with E-state index in [9.17, 15) is 4.79 Å². The summed E-state index contributed by atoms with van der Waals surface area (Å²) in [6.45, 7) is 6.89. The zero-order valence-corrected chi connectivity index (χ0v) is 11.2. The van der Waals surface area contributed by atoms with Gasteiger partial charge in [-0.15, -0.1) is 0 Å². The smallest absolute Gasteiger partial charge is 0.312 e. The quantitative estimate of drug-likeness (QED) is 0.748. The Morgan fingerprint density at radius 3 is 2.76 bits per heavy atom. The van der Waals surface area contributed by atoms with Gasteiger partial charge in [0, 0.05) is 25.2 Å². The first-order valence-corrected chi connectivity index (χ1v) is 6.58. The van der Waals surface area contributed by atoms with Crippen molar-refractivity contribution in [2.24, 2.45) is 5.41 Å². The number of carbonyl (C=O) groups excluding carboxylic acids is 1. The van der Waals surface area contributed by atoms with E-state index in [0.29, 0.717) is 12.1 Å². The predicted molar refractivity (Wildman–Crippen MR) is 66.8 cm³/mol. The van der Waals surface area contributed by atoms with Crippen LogP contribution >= 0.6 is 0 Å². The molecule has 2 rings (SSSR count). The molecule has 2 unspecified atom stereocenters. The Bertz CT molecular complexity index is 291. The van der Waals surface area contributed by atoms with Gasteiger partial charge in [-0.3, -0.25) is 4.79 Å². The molecular weight excluding hydrogens is 216 g/mol. The first kappa shape index (κ1) is 12.8. The number of fused-ring (bicyclic) bond motifs is 2. The second-order valence-electron chi connectivity index (χ2n) is 6.04. The molecule has 2 saturated heterocycles. The van der Waals surface area contributed by atoms with Gasteiger partial charge in [0.2, 0.25) is 0 Å². The van der Waals surface area contributed by atoms with Crippen LogP contribution in [0.5, 0.6) is 0 Å². The molecule has 4 nitrogen and oxygen atoms in total. The Morgan fingerprint density at radius 1 is 1.35 bits per heavy atom. The van der Waals surface area contributed by atoms with Crippen molar-refractivity contribution in [3.8, 4) is 0 Å². The maximum Gasteiger partial charge on any atom is 0.312 e. The Hall–Kier alpha value is -0.610. The summed E-state index contributed by atoms with van der Waals surface area (Å²) < 4.78 is 4.87. The molecule has 0 aromatic heterocycles. The molecule has 0 saturated carbocycles. The van der Waals surface area contributed by atoms with Crippen molar-refractivity contribution in [2.75, 3.05) is 26.7 Å². The zero-order chi connectivity index (χ0) is 12.5. The third-order valence-electron chi connectivity index (χ3n) is 3.96. The van der Waals surface area contributed by atoms with Gasteiger partial charge in [0.1, 0.15) is 0 Å². The van der Waals surface area contributed by atoms with E-state index in [1.165, 1.54) is 26.4 Å². The van der Waals surface area contributed by atoms with E-state index in [4.69, 9.17) is 4.74 Å². The number of rotatable bonds is 3. The molecule has 98 valence electrons. The first-order chi connectivity index (χ1) is 8.01. The standard InChI is InChI=1S/C13H24N2O2/c1-13(2,12(16)17-3)9-15-7-6-10-4-5-11(8-15)14-10/h10-11,14H,4-9H2,1-3H3. The lowest BCUT2D eigenvalue weighted by Gasteiger charge is -2.31. The molecule has 0 aliphatic carbocycles. The summed E-state index contributed by atoms with van der Waals surface area (Å²) in [4.78, 5) is 14.1. The van der Waals surface area contributed by atoms with E-state index >= 15 is 0 Å². The van der Waals surface area contributed by atoms with Crippen LogP contribution in [0.15, 0.2) is 0 Å². The fourth-order valence-electron chi connectivity index (χ4n) is 3.06. The largest absolute Gasteiger partial charge is 0.469 e. The van der Waals surface area contributed by atoms with E-state index in [1.54, 1.807) is 0 Å². The number of nitrogens with one attached hydrogen (secondary N) is 1. The minimum absolute atomic E-state index is 0.111. The maximum absolute atomic E-state index is 11.7. The highest BCUT2D eigenvalue weighted by atomic mass is 16.5. The van der Waals surface area contributed by atoms with Crippen LogP contribution < -0.4 is 5.32 Å². The Labute approximate surface area is 104 Å². The minimum Gasteiger partial charge on any atom is -0.469 e. The Kier molecular flexibility index (Phi) is 3.73. The average molecular weight is 240 g/mol. The van der Waals surface area contributed by atoms with Crippen LogP contribution in [0.1, 0.15) is 33.1 Å². The highest BCUT2D eigenvalue weighted by Crippen LogP contribution is 2.24. The number of carbonyl (C=O) groups is 1. The molecule has 0 aromatic rings. The minimum atomic E-state index is -0.404. The lowest BCUT2D eigenvalue weighted by Crippen LogP contribution is -2.43.